The molecule has 2 aliphatic rings. The minimum Gasteiger partial charge on any atom is -0.359 e. The van der Waals surface area contributed by atoms with E-state index in [1.165, 1.54) is 25.7 Å². The Morgan fingerprint density at radius 3 is 2.41 bits per heavy atom. The van der Waals surface area contributed by atoms with Crippen LogP contribution in [0.1, 0.15) is 39.5 Å². The Kier molecular flexibility index (Phi) is 6.88. The molecule has 2 atom stereocenters. The van der Waals surface area contributed by atoms with Crippen LogP contribution in [0.2, 0.25) is 0 Å². The molecular formula is C20H32N6S. The summed E-state index contributed by atoms with van der Waals surface area (Å²) >= 11 is 5.36. The highest BCUT2D eigenvalue weighted by Crippen LogP contribution is 2.29. The van der Waals surface area contributed by atoms with Crippen LogP contribution >= 0.6 is 12.2 Å². The van der Waals surface area contributed by atoms with Gasteiger partial charge in [0.1, 0.15) is 11.6 Å². The second-order valence-electron chi connectivity index (χ2n) is 7.93. The van der Waals surface area contributed by atoms with Crippen LogP contribution in [0.5, 0.6) is 0 Å². The van der Waals surface area contributed by atoms with Crippen LogP contribution in [-0.2, 0) is 0 Å². The Morgan fingerprint density at radius 1 is 1.15 bits per heavy atom. The predicted octanol–water partition coefficient (Wildman–Crippen LogP) is 3.42. The third-order valence-corrected chi connectivity index (χ3v) is 5.45. The van der Waals surface area contributed by atoms with Crippen molar-refractivity contribution in [3.63, 3.8) is 0 Å². The molecule has 2 N–H and O–H groups in total. The molecule has 0 amide bonds. The van der Waals surface area contributed by atoms with Gasteiger partial charge in [0.05, 0.1) is 0 Å². The van der Waals surface area contributed by atoms with Crippen LogP contribution in [0.25, 0.3) is 0 Å². The molecule has 2 fully saturated rings. The maximum Gasteiger partial charge on any atom is 0.232 e. The minimum absolute atomic E-state index is 0.525. The van der Waals surface area contributed by atoms with Gasteiger partial charge >= 0.3 is 0 Å². The van der Waals surface area contributed by atoms with Gasteiger partial charge < -0.3 is 20.4 Å². The predicted molar refractivity (Wildman–Crippen MR) is 118 cm³/mol. The fourth-order valence-corrected chi connectivity index (χ4v) is 4.26. The number of hydrogen-bond donors (Lipinski definition) is 2. The Hall–Kier alpha value is -1.89. The lowest BCUT2D eigenvalue weighted by Crippen LogP contribution is -2.40. The first-order valence-electron chi connectivity index (χ1n) is 10.1. The zero-order chi connectivity index (χ0) is 19.2. The number of piperidine rings is 2. The van der Waals surface area contributed by atoms with E-state index in [0.29, 0.717) is 29.4 Å². The molecule has 0 spiro atoms. The summed E-state index contributed by atoms with van der Waals surface area (Å²) in [7, 11) is 0. The number of nitrogens with one attached hydrogen (secondary N) is 2. The smallest absolute Gasteiger partial charge is 0.232 e. The number of hydrogen-bond acceptors (Lipinski definition) is 5. The fraction of sp³-hybridized carbons (Fsp3) is 0.650. The molecule has 1 aromatic rings. The van der Waals surface area contributed by atoms with E-state index in [1.54, 1.807) is 6.08 Å². The summed E-state index contributed by atoms with van der Waals surface area (Å²) in [6.07, 6.45) is 6.80. The third kappa shape index (κ3) is 5.54. The lowest BCUT2D eigenvalue weighted by Gasteiger charge is -2.36. The van der Waals surface area contributed by atoms with Crippen LogP contribution in [0.15, 0.2) is 18.7 Å². The molecular weight excluding hydrogens is 356 g/mol. The van der Waals surface area contributed by atoms with Crippen molar-refractivity contribution >= 4 is 34.9 Å². The normalized spacial score (nSPS) is 23.0. The summed E-state index contributed by atoms with van der Waals surface area (Å²) in [5, 5.41) is 6.77. The van der Waals surface area contributed by atoms with Crippen LogP contribution in [0.4, 0.5) is 17.6 Å². The van der Waals surface area contributed by atoms with Crippen LogP contribution in [-0.4, -0.2) is 47.8 Å². The van der Waals surface area contributed by atoms with Crippen LogP contribution in [0, 0.1) is 11.8 Å². The average Bonchev–Trinajstić information content (AvgIpc) is 2.66. The highest BCUT2D eigenvalue weighted by Gasteiger charge is 2.24. The average molecular weight is 389 g/mol. The van der Waals surface area contributed by atoms with E-state index in [-0.39, 0.29) is 0 Å². The van der Waals surface area contributed by atoms with Gasteiger partial charge in [0.15, 0.2) is 5.11 Å². The van der Waals surface area contributed by atoms with Crippen molar-refractivity contribution in [2.75, 3.05) is 47.8 Å². The molecule has 0 saturated carbocycles. The first-order chi connectivity index (χ1) is 13.0. The lowest BCUT2D eigenvalue weighted by atomic mass is 9.92. The molecule has 2 aliphatic heterocycles. The molecule has 0 bridgehead atoms. The largest absolute Gasteiger partial charge is 0.359 e. The van der Waals surface area contributed by atoms with Crippen molar-refractivity contribution in [3.05, 3.63) is 18.7 Å². The second kappa shape index (κ2) is 9.35. The Morgan fingerprint density at radius 2 is 1.78 bits per heavy atom. The quantitative estimate of drug-likeness (QED) is 0.592. The van der Waals surface area contributed by atoms with Crippen LogP contribution in [0.3, 0.4) is 0 Å². The van der Waals surface area contributed by atoms with E-state index < -0.39 is 0 Å². The van der Waals surface area contributed by atoms with Gasteiger partial charge in [0, 0.05) is 38.8 Å². The first kappa shape index (κ1) is 19.9. The van der Waals surface area contributed by atoms with E-state index in [1.807, 2.05) is 0 Å². The summed E-state index contributed by atoms with van der Waals surface area (Å²) in [4.78, 5) is 14.3. The van der Waals surface area contributed by atoms with E-state index in [0.717, 1.165) is 37.8 Å². The highest BCUT2D eigenvalue weighted by molar-refractivity contribution is 7.80. The Labute approximate surface area is 168 Å². The number of rotatable bonds is 5. The second-order valence-corrected chi connectivity index (χ2v) is 8.34. The van der Waals surface area contributed by atoms with E-state index in [9.17, 15) is 0 Å². The SMILES string of the molecule is C=CCNC(=S)Nc1nc(N2CCCCC2)cc(N2C[C@H](C)C[C@@H](C)C2)n1. The van der Waals surface area contributed by atoms with E-state index in [4.69, 9.17) is 22.2 Å². The molecule has 2 saturated heterocycles. The summed E-state index contributed by atoms with van der Waals surface area (Å²) in [6, 6.07) is 2.15. The molecule has 0 aliphatic carbocycles. The Bertz CT molecular complexity index is 648. The van der Waals surface area contributed by atoms with E-state index >= 15 is 0 Å². The molecule has 1 aromatic heterocycles. The van der Waals surface area contributed by atoms with E-state index in [2.05, 4.69) is 46.9 Å². The van der Waals surface area contributed by atoms with Crippen molar-refractivity contribution in [1.29, 1.82) is 0 Å². The van der Waals surface area contributed by atoms with Crippen molar-refractivity contribution in [3.8, 4) is 0 Å². The standard InChI is InChI=1S/C20H32N6S/c1-4-8-21-20(27)24-19-22-17(25-9-6-5-7-10-25)12-18(23-19)26-13-15(2)11-16(3)14-26/h4,12,15-16H,1,5-11,13-14H2,2-3H3,(H2,21,22,23,24,27)/t15-,16-/m1/s1. The highest BCUT2D eigenvalue weighted by atomic mass is 32.1. The molecule has 148 valence electrons. The fourth-order valence-electron chi connectivity index (χ4n) is 4.09. The van der Waals surface area contributed by atoms with Gasteiger partial charge in [0.25, 0.3) is 0 Å². The summed E-state index contributed by atoms with van der Waals surface area (Å²) < 4.78 is 0. The lowest BCUT2D eigenvalue weighted by molar-refractivity contribution is 0.355. The molecule has 6 nitrogen and oxygen atoms in total. The third-order valence-electron chi connectivity index (χ3n) is 5.20. The van der Waals surface area contributed by atoms with Crippen molar-refractivity contribution in [1.82, 2.24) is 15.3 Å². The van der Waals surface area contributed by atoms with Gasteiger partial charge in [-0.1, -0.05) is 19.9 Å². The van der Waals surface area contributed by atoms with Crippen molar-refractivity contribution in [2.24, 2.45) is 11.8 Å². The zero-order valence-corrected chi connectivity index (χ0v) is 17.4. The van der Waals surface area contributed by atoms with Crippen molar-refractivity contribution in [2.45, 2.75) is 39.5 Å². The molecule has 7 heteroatoms. The molecule has 0 radical (unpaired) electrons. The van der Waals surface area contributed by atoms with Gasteiger partial charge in [-0.3, -0.25) is 0 Å². The van der Waals surface area contributed by atoms with Gasteiger partial charge in [-0.25, -0.2) is 0 Å². The van der Waals surface area contributed by atoms with Gasteiger partial charge in [-0.15, -0.1) is 6.58 Å². The topological polar surface area (TPSA) is 56.3 Å². The number of thiocarbonyl (C=S) groups is 1. The minimum atomic E-state index is 0.525. The number of nitrogens with zero attached hydrogens (tertiary/aromatic N) is 4. The molecule has 0 aromatic carbocycles. The summed E-state index contributed by atoms with van der Waals surface area (Å²) in [5.41, 5.74) is 0. The molecule has 27 heavy (non-hydrogen) atoms. The van der Waals surface area contributed by atoms with Gasteiger partial charge in [-0.2, -0.15) is 9.97 Å². The number of anilines is 3. The maximum absolute atomic E-state index is 5.36. The number of aromatic nitrogens is 2. The molecule has 3 rings (SSSR count). The molecule has 3 heterocycles. The zero-order valence-electron chi connectivity index (χ0n) is 16.6. The summed E-state index contributed by atoms with van der Waals surface area (Å²) in [6.45, 7) is 13.2. The molecule has 0 unspecified atom stereocenters. The summed E-state index contributed by atoms with van der Waals surface area (Å²) in [5.74, 6) is 3.92. The van der Waals surface area contributed by atoms with Crippen LogP contribution < -0.4 is 20.4 Å². The monoisotopic (exact) mass is 388 g/mol. The van der Waals surface area contributed by atoms with Crippen molar-refractivity contribution < 1.29 is 0 Å². The first-order valence-corrected chi connectivity index (χ1v) is 10.5. The van der Waals surface area contributed by atoms with Gasteiger partial charge in [0.2, 0.25) is 5.95 Å². The maximum atomic E-state index is 5.36. The van der Waals surface area contributed by atoms with Gasteiger partial charge in [-0.05, 0) is 49.7 Å². The Balaban J connectivity index is 1.85.